The van der Waals surface area contributed by atoms with Gasteiger partial charge >= 0.3 is 6.03 Å². The van der Waals surface area contributed by atoms with E-state index >= 15 is 0 Å². The number of hydrogen-bond donors (Lipinski definition) is 2. The van der Waals surface area contributed by atoms with E-state index in [2.05, 4.69) is 52.5 Å². The van der Waals surface area contributed by atoms with Crippen LogP contribution in [0.4, 0.5) is 16.2 Å². The Morgan fingerprint density at radius 2 is 1.60 bits per heavy atom. The zero-order valence-corrected chi connectivity index (χ0v) is 22.5. The van der Waals surface area contributed by atoms with E-state index in [1.165, 1.54) is 5.69 Å². The van der Waals surface area contributed by atoms with Gasteiger partial charge in [0.2, 0.25) is 0 Å². The summed E-state index contributed by atoms with van der Waals surface area (Å²) in [6, 6.07) is 11.8. The molecule has 9 heteroatoms. The number of anilines is 2. The van der Waals surface area contributed by atoms with Gasteiger partial charge in [0, 0.05) is 43.3 Å². The van der Waals surface area contributed by atoms with Crippen LogP contribution in [0.25, 0.3) is 0 Å². The van der Waals surface area contributed by atoms with Crippen molar-refractivity contribution in [3.05, 3.63) is 51.5 Å². The summed E-state index contributed by atoms with van der Waals surface area (Å²) in [5.41, 5.74) is 1.56. The first-order valence-corrected chi connectivity index (χ1v) is 13.4. The molecular weight excluding hydrogens is 507 g/mol. The molecule has 0 bridgehead atoms. The van der Waals surface area contributed by atoms with E-state index in [0.29, 0.717) is 26.8 Å². The summed E-state index contributed by atoms with van der Waals surface area (Å²) in [4.78, 5) is 17.6. The number of ether oxygens (including phenoxy) is 1. The fourth-order valence-corrected chi connectivity index (χ4v) is 5.89. The van der Waals surface area contributed by atoms with Crippen LogP contribution in [0, 0.1) is 0 Å². The van der Waals surface area contributed by atoms with Crippen molar-refractivity contribution in [1.82, 2.24) is 10.2 Å². The minimum Gasteiger partial charge on any atom is -0.489 e. The largest absolute Gasteiger partial charge is 0.489 e. The summed E-state index contributed by atoms with van der Waals surface area (Å²) in [6.45, 7) is 8.17. The number of nitrogens with zero attached hydrogens (tertiary/aromatic N) is 2. The van der Waals surface area contributed by atoms with Crippen LogP contribution in [0.3, 0.4) is 0 Å². The molecule has 35 heavy (non-hydrogen) atoms. The van der Waals surface area contributed by atoms with Gasteiger partial charge in [0.15, 0.2) is 0 Å². The van der Waals surface area contributed by atoms with Crippen LogP contribution in [0.1, 0.15) is 39.5 Å². The third-order valence-electron chi connectivity index (χ3n) is 6.68. The highest BCUT2D eigenvalue weighted by Gasteiger charge is 2.29. The Kier molecular flexibility index (Phi) is 8.92. The molecule has 2 fully saturated rings. The Balaban J connectivity index is 1.23. The predicted octanol–water partition coefficient (Wildman–Crippen LogP) is 6.69. The monoisotopic (exact) mass is 538 g/mol. The second-order valence-electron chi connectivity index (χ2n) is 9.51. The molecule has 0 unspecified atom stereocenters. The average molecular weight is 540 g/mol. The topological polar surface area (TPSA) is 56.8 Å². The number of carbonyl (C=O) groups excluding carboxylic acids is 1. The van der Waals surface area contributed by atoms with E-state index in [0.717, 1.165) is 57.6 Å². The number of para-hydroxylation sites is 2. The minimum atomic E-state index is -0.296. The van der Waals surface area contributed by atoms with Crippen molar-refractivity contribution in [2.45, 2.75) is 57.7 Å². The lowest BCUT2D eigenvalue weighted by atomic mass is 9.90. The first kappa shape index (κ1) is 26.2. The molecule has 0 atom stereocenters. The summed E-state index contributed by atoms with van der Waals surface area (Å²) < 4.78 is 6.03. The molecule has 4 rings (SSSR count). The Morgan fingerprint density at radius 3 is 2.23 bits per heavy atom. The maximum atomic E-state index is 12.5. The highest BCUT2D eigenvalue weighted by atomic mass is 35.5. The van der Waals surface area contributed by atoms with Gasteiger partial charge in [-0.3, -0.25) is 4.90 Å². The maximum absolute atomic E-state index is 12.5. The zero-order chi connectivity index (χ0) is 24.9. The Labute approximate surface area is 222 Å². The smallest absolute Gasteiger partial charge is 0.319 e. The minimum absolute atomic E-state index is 0.137. The van der Waals surface area contributed by atoms with Crippen LogP contribution in [0.15, 0.2) is 36.4 Å². The lowest BCUT2D eigenvalue weighted by molar-refractivity contribution is 0.137. The lowest BCUT2D eigenvalue weighted by Crippen LogP contribution is -2.52. The Morgan fingerprint density at radius 1 is 0.971 bits per heavy atom. The number of benzene rings is 2. The molecule has 2 amide bonds. The molecule has 0 spiro atoms. The van der Waals surface area contributed by atoms with Gasteiger partial charge in [-0.2, -0.15) is 0 Å². The predicted molar refractivity (Wildman–Crippen MR) is 146 cm³/mol. The molecule has 2 N–H and O–H groups in total. The van der Waals surface area contributed by atoms with E-state index in [-0.39, 0.29) is 18.2 Å². The number of halogens is 3. The van der Waals surface area contributed by atoms with E-state index in [4.69, 9.17) is 39.5 Å². The second kappa shape index (κ2) is 11.9. The molecule has 1 aliphatic carbocycles. The van der Waals surface area contributed by atoms with Crippen LogP contribution >= 0.6 is 34.8 Å². The number of piperazine rings is 1. The molecule has 1 saturated heterocycles. The molecule has 6 nitrogen and oxygen atoms in total. The van der Waals surface area contributed by atoms with Crippen molar-refractivity contribution >= 4 is 52.2 Å². The average Bonchev–Trinajstić information content (AvgIpc) is 2.82. The Bertz CT molecular complexity index is 996. The van der Waals surface area contributed by atoms with Crippen LogP contribution in [0.2, 0.25) is 15.1 Å². The summed E-state index contributed by atoms with van der Waals surface area (Å²) in [6.07, 6.45) is 4.20. The highest BCUT2D eigenvalue weighted by Crippen LogP contribution is 2.34. The third kappa shape index (κ3) is 6.88. The van der Waals surface area contributed by atoms with E-state index < -0.39 is 0 Å². The summed E-state index contributed by atoms with van der Waals surface area (Å²) in [7, 11) is 0. The number of urea groups is 1. The highest BCUT2D eigenvalue weighted by molar-refractivity contribution is 6.42. The number of carbonyl (C=O) groups is 1. The van der Waals surface area contributed by atoms with Gasteiger partial charge in [-0.1, -0.05) is 46.9 Å². The first-order chi connectivity index (χ1) is 16.8. The van der Waals surface area contributed by atoms with Crippen LogP contribution < -0.4 is 20.3 Å². The van der Waals surface area contributed by atoms with E-state index in [1.54, 1.807) is 12.1 Å². The quantitative estimate of drug-likeness (QED) is 0.429. The molecule has 0 aromatic heterocycles. The van der Waals surface area contributed by atoms with E-state index in [9.17, 15) is 4.79 Å². The molecule has 1 aliphatic heterocycles. The van der Waals surface area contributed by atoms with Crippen molar-refractivity contribution in [1.29, 1.82) is 0 Å². The van der Waals surface area contributed by atoms with Crippen molar-refractivity contribution < 1.29 is 9.53 Å². The van der Waals surface area contributed by atoms with Crippen molar-refractivity contribution in [2.24, 2.45) is 0 Å². The Hall–Kier alpha value is -1.86. The fraction of sp³-hybridized carbons (Fsp3) is 0.500. The first-order valence-electron chi connectivity index (χ1n) is 12.3. The fourth-order valence-electron chi connectivity index (χ4n) is 4.98. The zero-order valence-electron chi connectivity index (χ0n) is 20.2. The molecule has 0 radical (unpaired) electrons. The molecule has 190 valence electrons. The third-order valence-corrected chi connectivity index (χ3v) is 7.49. The SMILES string of the molecule is CC(C)Oc1ccccc1N1CCN([C@H]2CC[C@@H](NC(=O)Nc3c(Cl)cc(Cl)cc3Cl)CC2)CC1. The van der Waals surface area contributed by atoms with E-state index in [1.807, 2.05) is 6.07 Å². The molecule has 2 aliphatic rings. The maximum Gasteiger partial charge on any atom is 0.319 e. The van der Waals surface area contributed by atoms with Gasteiger partial charge < -0.3 is 20.3 Å². The standard InChI is InChI=1S/C26H33Cl3N4O2/c1-17(2)35-24-6-4-3-5-23(24)33-13-11-32(12-14-33)20-9-7-19(8-10-20)30-26(34)31-25-21(28)15-18(27)16-22(25)29/h3-6,15-17,19-20H,7-14H2,1-2H3,(H2,30,31,34)/t19-,20+. The van der Waals surface area contributed by atoms with Crippen molar-refractivity contribution in [3.63, 3.8) is 0 Å². The van der Waals surface area contributed by atoms with Gasteiger partial charge in [0.05, 0.1) is 27.5 Å². The van der Waals surface area contributed by atoms with Gasteiger partial charge in [0.25, 0.3) is 0 Å². The van der Waals surface area contributed by atoms with Crippen LogP contribution in [-0.2, 0) is 0 Å². The summed E-state index contributed by atoms with van der Waals surface area (Å²) in [5.74, 6) is 0.960. The number of nitrogens with one attached hydrogen (secondary N) is 2. The van der Waals surface area contributed by atoms with Crippen molar-refractivity contribution in [3.8, 4) is 5.75 Å². The number of rotatable bonds is 6. The van der Waals surface area contributed by atoms with Crippen molar-refractivity contribution in [2.75, 3.05) is 36.4 Å². The summed E-state index contributed by atoms with van der Waals surface area (Å²) in [5, 5.41) is 6.90. The lowest BCUT2D eigenvalue weighted by Gasteiger charge is -2.43. The van der Waals surface area contributed by atoms with Crippen LogP contribution in [0.5, 0.6) is 5.75 Å². The summed E-state index contributed by atoms with van der Waals surface area (Å²) >= 11 is 18.3. The van der Waals surface area contributed by atoms with Crippen LogP contribution in [-0.4, -0.2) is 55.3 Å². The van der Waals surface area contributed by atoms with Gasteiger partial charge in [-0.25, -0.2) is 4.79 Å². The molecule has 2 aromatic rings. The van der Waals surface area contributed by atoms with Gasteiger partial charge in [0.1, 0.15) is 5.75 Å². The van der Waals surface area contributed by atoms with Gasteiger partial charge in [-0.15, -0.1) is 0 Å². The normalized spacial score (nSPS) is 21.1. The second-order valence-corrected chi connectivity index (χ2v) is 10.8. The number of amides is 2. The molecule has 2 aromatic carbocycles. The number of hydrogen-bond acceptors (Lipinski definition) is 4. The molecular formula is C26H33Cl3N4O2. The van der Waals surface area contributed by atoms with Gasteiger partial charge in [-0.05, 0) is 63.8 Å². The molecule has 1 saturated carbocycles. The molecule has 1 heterocycles.